The van der Waals surface area contributed by atoms with Gasteiger partial charge in [-0.1, -0.05) is 32.9 Å². The summed E-state index contributed by atoms with van der Waals surface area (Å²) >= 11 is 0. The molecule has 0 fully saturated rings. The number of ether oxygens (including phenoxy) is 1. The molecule has 0 spiro atoms. The van der Waals surface area contributed by atoms with Crippen molar-refractivity contribution in [3.8, 4) is 5.75 Å². The molecule has 1 unspecified atom stereocenters. The van der Waals surface area contributed by atoms with E-state index in [0.717, 1.165) is 5.75 Å². The number of methoxy groups -OCH3 is 1. The molecule has 2 N–H and O–H groups in total. The molecule has 0 aliphatic heterocycles. The van der Waals surface area contributed by atoms with Crippen LogP contribution in [-0.4, -0.2) is 30.8 Å². The maximum Gasteiger partial charge on any atom is 0.320 e. The minimum absolute atomic E-state index is 0.259. The van der Waals surface area contributed by atoms with Crippen molar-refractivity contribution < 1.29 is 14.6 Å². The van der Waals surface area contributed by atoms with Gasteiger partial charge in [0.15, 0.2) is 0 Å². The van der Waals surface area contributed by atoms with E-state index in [0.29, 0.717) is 18.9 Å². The second-order valence-corrected chi connectivity index (χ2v) is 5.60. The highest BCUT2D eigenvalue weighted by atomic mass is 16.5. The summed E-state index contributed by atoms with van der Waals surface area (Å²) in [6.07, 6.45) is 0.644. The van der Waals surface area contributed by atoms with Crippen molar-refractivity contribution in [2.45, 2.75) is 39.2 Å². The molecule has 0 aliphatic rings. The van der Waals surface area contributed by atoms with E-state index in [1.54, 1.807) is 7.11 Å². The van der Waals surface area contributed by atoms with Gasteiger partial charge in [-0.3, -0.25) is 4.79 Å². The highest BCUT2D eigenvalue weighted by Crippen LogP contribution is 2.19. The zero-order valence-electron chi connectivity index (χ0n) is 12.7. The normalized spacial score (nSPS) is 14.1. The topological polar surface area (TPSA) is 58.6 Å². The molecule has 0 amide bonds. The molecule has 0 aliphatic carbocycles. The van der Waals surface area contributed by atoms with E-state index in [4.69, 9.17) is 4.74 Å². The van der Waals surface area contributed by atoms with E-state index in [-0.39, 0.29) is 5.92 Å². The number of rotatable bonds is 8. The van der Waals surface area contributed by atoms with E-state index in [9.17, 15) is 9.90 Å². The molecular formula is C16H25NO3. The summed E-state index contributed by atoms with van der Waals surface area (Å²) in [6.45, 7) is 6.80. The molecule has 0 saturated carbocycles. The molecule has 0 heterocycles. The van der Waals surface area contributed by atoms with Gasteiger partial charge in [0.1, 0.15) is 11.8 Å². The van der Waals surface area contributed by atoms with E-state index in [1.165, 1.54) is 5.56 Å². The summed E-state index contributed by atoms with van der Waals surface area (Å²) in [5.74, 6) is 0.674. The van der Waals surface area contributed by atoms with Crippen LogP contribution < -0.4 is 10.1 Å². The second kappa shape index (κ2) is 7.90. The van der Waals surface area contributed by atoms with Gasteiger partial charge in [0.05, 0.1) is 7.11 Å². The van der Waals surface area contributed by atoms with E-state index < -0.39 is 12.0 Å². The highest BCUT2D eigenvalue weighted by Gasteiger charge is 2.19. The Bertz CT molecular complexity index is 414. The molecule has 0 bridgehead atoms. The van der Waals surface area contributed by atoms with Gasteiger partial charge in [0.2, 0.25) is 0 Å². The Balaban J connectivity index is 2.55. The molecular weight excluding hydrogens is 254 g/mol. The molecule has 0 aromatic heterocycles. The van der Waals surface area contributed by atoms with Crippen LogP contribution in [0.3, 0.4) is 0 Å². The zero-order chi connectivity index (χ0) is 15.1. The lowest BCUT2D eigenvalue weighted by Crippen LogP contribution is -2.39. The Kier molecular flexibility index (Phi) is 6.52. The van der Waals surface area contributed by atoms with Crippen molar-refractivity contribution in [1.29, 1.82) is 0 Å². The Morgan fingerprint density at radius 2 is 1.85 bits per heavy atom. The molecule has 0 saturated heterocycles. The largest absolute Gasteiger partial charge is 0.497 e. The van der Waals surface area contributed by atoms with Gasteiger partial charge in [-0.2, -0.15) is 0 Å². The van der Waals surface area contributed by atoms with E-state index in [2.05, 4.69) is 12.2 Å². The Morgan fingerprint density at radius 1 is 1.25 bits per heavy atom. The average Bonchev–Trinajstić information content (AvgIpc) is 2.42. The SMILES string of the molecule is COc1ccc(C(C)CN[C@H](CC(C)C)C(=O)O)cc1. The Labute approximate surface area is 121 Å². The van der Waals surface area contributed by atoms with Crippen LogP contribution in [0.25, 0.3) is 0 Å². The third kappa shape index (κ3) is 5.21. The van der Waals surface area contributed by atoms with Crippen molar-refractivity contribution >= 4 is 5.97 Å². The lowest BCUT2D eigenvalue weighted by Gasteiger charge is -2.19. The predicted octanol–water partition coefficient (Wildman–Crippen LogP) is 2.89. The van der Waals surface area contributed by atoms with Gasteiger partial charge < -0.3 is 15.2 Å². The van der Waals surface area contributed by atoms with Crippen molar-refractivity contribution in [1.82, 2.24) is 5.32 Å². The number of carboxylic acid groups (broad SMARTS) is 1. The second-order valence-electron chi connectivity index (χ2n) is 5.60. The van der Waals surface area contributed by atoms with Gasteiger partial charge in [-0.15, -0.1) is 0 Å². The first kappa shape index (κ1) is 16.5. The molecule has 1 rings (SSSR count). The monoisotopic (exact) mass is 279 g/mol. The summed E-state index contributed by atoms with van der Waals surface area (Å²) in [6, 6.07) is 7.41. The first-order valence-corrected chi connectivity index (χ1v) is 7.04. The number of hydrogen-bond donors (Lipinski definition) is 2. The fraction of sp³-hybridized carbons (Fsp3) is 0.562. The maximum atomic E-state index is 11.2. The van der Waals surface area contributed by atoms with Gasteiger partial charge in [-0.05, 0) is 36.0 Å². The van der Waals surface area contributed by atoms with Crippen LogP contribution in [0, 0.1) is 5.92 Å². The molecule has 20 heavy (non-hydrogen) atoms. The molecule has 2 atom stereocenters. The van der Waals surface area contributed by atoms with Crippen LogP contribution in [0.5, 0.6) is 5.75 Å². The van der Waals surface area contributed by atoms with Gasteiger partial charge in [0.25, 0.3) is 0 Å². The summed E-state index contributed by atoms with van der Waals surface area (Å²) < 4.78 is 5.13. The lowest BCUT2D eigenvalue weighted by molar-refractivity contribution is -0.139. The summed E-state index contributed by atoms with van der Waals surface area (Å²) in [5.41, 5.74) is 1.17. The first-order chi connectivity index (χ1) is 9.43. The van der Waals surface area contributed by atoms with Gasteiger partial charge >= 0.3 is 5.97 Å². The Hall–Kier alpha value is -1.55. The smallest absolute Gasteiger partial charge is 0.320 e. The maximum absolute atomic E-state index is 11.2. The third-order valence-corrected chi connectivity index (χ3v) is 3.36. The molecule has 1 aromatic rings. The summed E-state index contributed by atoms with van der Waals surface area (Å²) in [4.78, 5) is 11.2. The number of carboxylic acids is 1. The van der Waals surface area contributed by atoms with Crippen LogP contribution >= 0.6 is 0 Å². The van der Waals surface area contributed by atoms with Crippen LogP contribution in [0.1, 0.15) is 38.7 Å². The van der Waals surface area contributed by atoms with Crippen LogP contribution in [0.2, 0.25) is 0 Å². The third-order valence-electron chi connectivity index (χ3n) is 3.36. The minimum Gasteiger partial charge on any atom is -0.497 e. The predicted molar refractivity (Wildman–Crippen MR) is 80.3 cm³/mol. The minimum atomic E-state index is -0.777. The van der Waals surface area contributed by atoms with Crippen LogP contribution in [0.4, 0.5) is 0 Å². The van der Waals surface area contributed by atoms with Crippen molar-refractivity contribution in [2.24, 2.45) is 5.92 Å². The number of benzene rings is 1. The van der Waals surface area contributed by atoms with E-state index in [1.807, 2.05) is 38.1 Å². The van der Waals surface area contributed by atoms with Gasteiger partial charge in [0, 0.05) is 6.54 Å². The molecule has 0 radical (unpaired) electrons. The molecule has 1 aromatic carbocycles. The molecule has 112 valence electrons. The molecule has 4 heteroatoms. The zero-order valence-corrected chi connectivity index (χ0v) is 12.7. The first-order valence-electron chi connectivity index (χ1n) is 7.04. The van der Waals surface area contributed by atoms with Crippen molar-refractivity contribution in [3.63, 3.8) is 0 Å². The number of aliphatic carboxylic acids is 1. The van der Waals surface area contributed by atoms with Crippen molar-refractivity contribution in [3.05, 3.63) is 29.8 Å². The summed E-state index contributed by atoms with van der Waals surface area (Å²) in [5, 5.41) is 12.3. The fourth-order valence-corrected chi connectivity index (χ4v) is 2.11. The standard InChI is InChI=1S/C16H25NO3/c1-11(2)9-15(16(18)19)17-10-12(3)13-5-7-14(20-4)8-6-13/h5-8,11-12,15,17H,9-10H2,1-4H3,(H,18,19)/t12?,15-/m1/s1. The number of nitrogens with one attached hydrogen (secondary N) is 1. The van der Waals surface area contributed by atoms with Crippen molar-refractivity contribution in [2.75, 3.05) is 13.7 Å². The number of hydrogen-bond acceptors (Lipinski definition) is 3. The fourth-order valence-electron chi connectivity index (χ4n) is 2.11. The van der Waals surface area contributed by atoms with Crippen LogP contribution in [-0.2, 0) is 4.79 Å². The lowest BCUT2D eigenvalue weighted by atomic mass is 9.99. The van der Waals surface area contributed by atoms with Gasteiger partial charge in [-0.25, -0.2) is 0 Å². The quantitative estimate of drug-likeness (QED) is 0.768. The summed E-state index contributed by atoms with van der Waals surface area (Å²) in [7, 11) is 1.64. The van der Waals surface area contributed by atoms with E-state index >= 15 is 0 Å². The highest BCUT2D eigenvalue weighted by molar-refractivity contribution is 5.73. The molecule has 4 nitrogen and oxygen atoms in total. The van der Waals surface area contributed by atoms with Crippen LogP contribution in [0.15, 0.2) is 24.3 Å². The average molecular weight is 279 g/mol. The number of carbonyl (C=O) groups is 1. The Morgan fingerprint density at radius 3 is 2.30 bits per heavy atom.